The molecule has 1 aromatic rings. The molecule has 1 aromatic carbocycles. The molecule has 0 N–H and O–H groups in total. The van der Waals surface area contributed by atoms with Gasteiger partial charge >= 0.3 is 0 Å². The van der Waals surface area contributed by atoms with Crippen molar-refractivity contribution >= 4 is 11.8 Å². The number of rotatable bonds is 5. The van der Waals surface area contributed by atoms with Crippen LogP contribution in [0.1, 0.15) is 31.2 Å². The van der Waals surface area contributed by atoms with Gasteiger partial charge in [-0.15, -0.1) is 0 Å². The van der Waals surface area contributed by atoms with Crippen molar-refractivity contribution in [3.8, 4) is 11.5 Å². The molecule has 1 atom stereocenters. The van der Waals surface area contributed by atoms with Crippen LogP contribution in [0, 0.1) is 0 Å². The Morgan fingerprint density at radius 3 is 2.50 bits per heavy atom. The number of ether oxygens (including phenoxy) is 2. The van der Waals surface area contributed by atoms with Crippen LogP contribution in [0.4, 0.5) is 0 Å². The van der Waals surface area contributed by atoms with Gasteiger partial charge in [-0.25, -0.2) is 0 Å². The monoisotopic (exact) mass is 277 g/mol. The first-order valence-corrected chi connectivity index (χ1v) is 6.68. The number of imide groups is 1. The van der Waals surface area contributed by atoms with Gasteiger partial charge in [0.25, 0.3) is 0 Å². The van der Waals surface area contributed by atoms with Gasteiger partial charge < -0.3 is 9.47 Å². The van der Waals surface area contributed by atoms with E-state index in [1.165, 1.54) is 4.90 Å². The van der Waals surface area contributed by atoms with E-state index in [0.717, 1.165) is 12.0 Å². The van der Waals surface area contributed by atoms with E-state index in [0.29, 0.717) is 18.0 Å². The first kappa shape index (κ1) is 14.4. The molecule has 2 rings (SSSR count). The maximum absolute atomic E-state index is 12.3. The Morgan fingerprint density at radius 1 is 1.20 bits per heavy atom. The number of carbonyl (C=O) groups excluding carboxylic acids is 2. The molecule has 108 valence electrons. The fourth-order valence-electron chi connectivity index (χ4n) is 2.47. The van der Waals surface area contributed by atoms with Gasteiger partial charge in [-0.1, -0.05) is 13.0 Å². The fourth-order valence-corrected chi connectivity index (χ4v) is 2.47. The number of benzene rings is 1. The van der Waals surface area contributed by atoms with Gasteiger partial charge in [0, 0.05) is 13.0 Å². The molecular formula is C15H19NO4. The van der Waals surface area contributed by atoms with Gasteiger partial charge in [0.2, 0.25) is 11.8 Å². The van der Waals surface area contributed by atoms with E-state index in [4.69, 9.17) is 9.47 Å². The summed E-state index contributed by atoms with van der Waals surface area (Å²) in [5, 5.41) is 0. The minimum atomic E-state index is -0.408. The molecule has 1 aliphatic heterocycles. The summed E-state index contributed by atoms with van der Waals surface area (Å²) in [6.07, 6.45) is 1.00. The van der Waals surface area contributed by atoms with Crippen LogP contribution in [0.25, 0.3) is 0 Å². The van der Waals surface area contributed by atoms with Crippen LogP contribution in [-0.4, -0.2) is 37.5 Å². The summed E-state index contributed by atoms with van der Waals surface area (Å²) in [5.41, 5.74) is 0.791. The topological polar surface area (TPSA) is 55.8 Å². The number of likely N-dealkylation sites (tertiary alicyclic amines) is 1. The van der Waals surface area contributed by atoms with Crippen LogP contribution in [-0.2, 0) is 9.59 Å². The molecule has 0 unspecified atom stereocenters. The van der Waals surface area contributed by atoms with Crippen LogP contribution >= 0.6 is 0 Å². The quantitative estimate of drug-likeness (QED) is 0.772. The lowest BCUT2D eigenvalue weighted by Crippen LogP contribution is -2.30. The van der Waals surface area contributed by atoms with Crippen molar-refractivity contribution in [1.29, 1.82) is 0 Å². The highest BCUT2D eigenvalue weighted by Crippen LogP contribution is 2.35. The highest BCUT2D eigenvalue weighted by atomic mass is 16.5. The largest absolute Gasteiger partial charge is 0.493 e. The molecule has 0 saturated carbocycles. The number of nitrogens with zero attached hydrogens (tertiary/aromatic N) is 1. The van der Waals surface area contributed by atoms with Gasteiger partial charge in [0.15, 0.2) is 11.5 Å². The SMILES string of the molecule is CCCN1C(=O)C[C@@H](c2ccc(OC)c(OC)c2)C1=O. The Morgan fingerprint density at radius 2 is 1.90 bits per heavy atom. The third-order valence-corrected chi connectivity index (χ3v) is 3.50. The van der Waals surface area contributed by atoms with E-state index in [9.17, 15) is 9.59 Å². The molecule has 5 nitrogen and oxygen atoms in total. The minimum Gasteiger partial charge on any atom is -0.493 e. The van der Waals surface area contributed by atoms with Crippen LogP contribution in [0.15, 0.2) is 18.2 Å². The lowest BCUT2D eigenvalue weighted by Gasteiger charge is -2.15. The summed E-state index contributed by atoms with van der Waals surface area (Å²) in [6.45, 7) is 2.44. The molecule has 1 aliphatic rings. The molecule has 0 radical (unpaired) electrons. The van der Waals surface area contributed by atoms with Crippen LogP contribution < -0.4 is 9.47 Å². The van der Waals surface area contributed by atoms with Crippen molar-refractivity contribution in [2.24, 2.45) is 0 Å². The number of methoxy groups -OCH3 is 2. The first-order valence-electron chi connectivity index (χ1n) is 6.68. The van der Waals surface area contributed by atoms with Crippen molar-refractivity contribution in [3.05, 3.63) is 23.8 Å². The predicted octanol–water partition coefficient (Wildman–Crippen LogP) is 1.96. The van der Waals surface area contributed by atoms with E-state index < -0.39 is 5.92 Å². The zero-order valence-corrected chi connectivity index (χ0v) is 12.0. The van der Waals surface area contributed by atoms with Gasteiger partial charge in [0.1, 0.15) is 0 Å². The maximum Gasteiger partial charge on any atom is 0.237 e. The van der Waals surface area contributed by atoms with Gasteiger partial charge in [-0.3, -0.25) is 14.5 Å². The fraction of sp³-hybridized carbons (Fsp3) is 0.467. The zero-order valence-electron chi connectivity index (χ0n) is 12.0. The average molecular weight is 277 g/mol. The second kappa shape index (κ2) is 5.94. The van der Waals surface area contributed by atoms with Gasteiger partial charge in [0.05, 0.1) is 20.1 Å². The van der Waals surface area contributed by atoms with Crippen LogP contribution in [0.5, 0.6) is 11.5 Å². The summed E-state index contributed by atoms with van der Waals surface area (Å²) in [6, 6.07) is 5.34. The summed E-state index contributed by atoms with van der Waals surface area (Å²) >= 11 is 0. The Kier molecular flexibility index (Phi) is 4.27. The molecule has 5 heteroatoms. The van der Waals surface area contributed by atoms with Gasteiger partial charge in [-0.2, -0.15) is 0 Å². The van der Waals surface area contributed by atoms with Crippen molar-refractivity contribution < 1.29 is 19.1 Å². The van der Waals surface area contributed by atoms with E-state index in [1.807, 2.05) is 13.0 Å². The molecule has 20 heavy (non-hydrogen) atoms. The predicted molar refractivity (Wildman–Crippen MR) is 73.9 cm³/mol. The lowest BCUT2D eigenvalue weighted by atomic mass is 9.97. The smallest absolute Gasteiger partial charge is 0.237 e. The number of carbonyl (C=O) groups is 2. The average Bonchev–Trinajstić information content (AvgIpc) is 2.75. The Hall–Kier alpha value is -2.04. The second-order valence-corrected chi connectivity index (χ2v) is 4.75. The van der Waals surface area contributed by atoms with E-state index in [1.54, 1.807) is 26.4 Å². The van der Waals surface area contributed by atoms with Crippen molar-refractivity contribution in [3.63, 3.8) is 0 Å². The third-order valence-electron chi connectivity index (χ3n) is 3.50. The van der Waals surface area contributed by atoms with E-state index in [2.05, 4.69) is 0 Å². The summed E-state index contributed by atoms with van der Waals surface area (Å²) in [7, 11) is 3.11. The second-order valence-electron chi connectivity index (χ2n) is 4.75. The molecule has 0 spiro atoms. The first-order chi connectivity index (χ1) is 9.62. The van der Waals surface area contributed by atoms with Crippen molar-refractivity contribution in [2.75, 3.05) is 20.8 Å². The van der Waals surface area contributed by atoms with E-state index in [-0.39, 0.29) is 18.2 Å². The normalized spacial score (nSPS) is 18.6. The Labute approximate surface area is 118 Å². The van der Waals surface area contributed by atoms with Crippen LogP contribution in [0.3, 0.4) is 0 Å². The van der Waals surface area contributed by atoms with Crippen molar-refractivity contribution in [1.82, 2.24) is 4.90 Å². The standard InChI is InChI=1S/C15H19NO4/c1-4-7-16-14(17)9-11(15(16)18)10-5-6-12(19-2)13(8-10)20-3/h5-6,8,11H,4,7,9H2,1-3H3/t11-/m0/s1. The maximum atomic E-state index is 12.3. The molecule has 0 bridgehead atoms. The summed E-state index contributed by atoms with van der Waals surface area (Å²) < 4.78 is 10.4. The Balaban J connectivity index is 2.28. The number of hydrogen-bond acceptors (Lipinski definition) is 4. The molecule has 2 amide bonds. The number of hydrogen-bond donors (Lipinski definition) is 0. The van der Waals surface area contributed by atoms with Crippen molar-refractivity contribution in [2.45, 2.75) is 25.7 Å². The minimum absolute atomic E-state index is 0.100. The highest BCUT2D eigenvalue weighted by molar-refractivity contribution is 6.06. The summed E-state index contributed by atoms with van der Waals surface area (Å²) in [5.74, 6) is 0.548. The molecule has 0 aliphatic carbocycles. The molecule has 1 heterocycles. The zero-order chi connectivity index (χ0) is 14.7. The lowest BCUT2D eigenvalue weighted by molar-refractivity contribution is -0.138. The Bertz CT molecular complexity index is 527. The summed E-state index contributed by atoms with van der Waals surface area (Å²) in [4.78, 5) is 25.5. The third kappa shape index (κ3) is 2.48. The highest BCUT2D eigenvalue weighted by Gasteiger charge is 2.39. The molecule has 1 fully saturated rings. The molecule has 0 aromatic heterocycles. The molecule has 1 saturated heterocycles. The van der Waals surface area contributed by atoms with Crippen LogP contribution in [0.2, 0.25) is 0 Å². The number of amides is 2. The van der Waals surface area contributed by atoms with E-state index >= 15 is 0 Å². The van der Waals surface area contributed by atoms with Gasteiger partial charge in [-0.05, 0) is 24.1 Å². The molecular weight excluding hydrogens is 258 g/mol.